The average Bonchev–Trinajstić information content (AvgIpc) is 1.89. The van der Waals surface area contributed by atoms with Crippen LogP contribution >= 0.6 is 0 Å². The molecule has 0 atom stereocenters. The zero-order valence-corrected chi connectivity index (χ0v) is 8.46. The predicted octanol–water partition coefficient (Wildman–Crippen LogP) is -1.04. The fourth-order valence-corrected chi connectivity index (χ4v) is 0.810. The summed E-state index contributed by atoms with van der Waals surface area (Å²) in [6, 6.07) is 7.39. The van der Waals surface area contributed by atoms with Crippen molar-refractivity contribution in [3.63, 3.8) is 0 Å². The van der Waals surface area contributed by atoms with Crippen LogP contribution in [0.4, 0.5) is 0 Å². The number of aromatic hydroxyl groups is 1. The van der Waals surface area contributed by atoms with Crippen molar-refractivity contribution >= 4 is 0 Å². The van der Waals surface area contributed by atoms with Crippen molar-refractivity contribution in [2.24, 2.45) is 0 Å². The molecule has 10 heavy (non-hydrogen) atoms. The van der Waals surface area contributed by atoms with Gasteiger partial charge in [-0.25, -0.2) is 0 Å². The summed E-state index contributed by atoms with van der Waals surface area (Å²) in [4.78, 5) is 0. The summed E-state index contributed by atoms with van der Waals surface area (Å²) in [5, 5.41) is 9.11. The van der Waals surface area contributed by atoms with Crippen LogP contribution < -0.4 is 29.6 Å². The van der Waals surface area contributed by atoms with E-state index in [4.69, 9.17) is 5.11 Å². The first-order valence-corrected chi connectivity index (χ1v) is 3.11. The first kappa shape index (κ1) is 10.0. The van der Waals surface area contributed by atoms with E-state index in [0.717, 1.165) is 12.0 Å². The molecule has 2 heteroatoms. The Morgan fingerprint density at radius 3 is 2.30 bits per heavy atom. The van der Waals surface area contributed by atoms with Gasteiger partial charge in [0.15, 0.2) is 0 Å². The monoisotopic (exact) mass is 145 g/mol. The molecule has 1 rings (SSSR count). The third-order valence-electron chi connectivity index (χ3n) is 1.37. The van der Waals surface area contributed by atoms with Gasteiger partial charge in [0.25, 0.3) is 0 Å². The smallest absolute Gasteiger partial charge is 0.508 e. The number of phenolic OH excluding ortho intramolecular Hbond substituents is 1. The summed E-state index contributed by atoms with van der Waals surface area (Å²) < 4.78 is 0. The second-order valence-electron chi connectivity index (χ2n) is 1.98. The van der Waals surface area contributed by atoms with Crippen LogP contribution in [-0.4, -0.2) is 5.11 Å². The normalized spacial score (nSPS) is 8.50. The Balaban J connectivity index is 0.000000810. The van der Waals surface area contributed by atoms with E-state index >= 15 is 0 Å². The maximum atomic E-state index is 9.11. The van der Waals surface area contributed by atoms with E-state index < -0.39 is 0 Å². The third-order valence-corrected chi connectivity index (χ3v) is 1.37. The van der Waals surface area contributed by atoms with Gasteiger partial charge in [0.1, 0.15) is 5.75 Å². The summed E-state index contributed by atoms with van der Waals surface area (Å²) in [6.45, 7) is 2.02. The molecule has 0 amide bonds. The van der Waals surface area contributed by atoms with Crippen molar-refractivity contribution in [3.05, 3.63) is 29.8 Å². The molecule has 1 N–H and O–H groups in total. The molecule has 0 aliphatic rings. The molecule has 0 saturated heterocycles. The fraction of sp³-hybridized carbons (Fsp3) is 0.250. The minimum absolute atomic E-state index is 0. The SMILES string of the molecule is CCc1ccccc1O.[Na+]. The second-order valence-corrected chi connectivity index (χ2v) is 1.98. The molecule has 0 spiro atoms. The van der Waals surface area contributed by atoms with E-state index in [9.17, 15) is 0 Å². The van der Waals surface area contributed by atoms with E-state index in [1.54, 1.807) is 6.07 Å². The van der Waals surface area contributed by atoms with E-state index in [0.29, 0.717) is 5.75 Å². The Hall–Kier alpha value is 0.0200. The molecule has 0 aromatic heterocycles. The van der Waals surface area contributed by atoms with Gasteiger partial charge < -0.3 is 5.11 Å². The van der Waals surface area contributed by atoms with Crippen molar-refractivity contribution in [1.82, 2.24) is 0 Å². The quantitative estimate of drug-likeness (QED) is 0.500. The number of phenols is 1. The van der Waals surface area contributed by atoms with Crippen LogP contribution in [0.3, 0.4) is 0 Å². The van der Waals surface area contributed by atoms with Crippen molar-refractivity contribution in [3.8, 4) is 5.75 Å². The average molecular weight is 145 g/mol. The molecule has 0 saturated carbocycles. The van der Waals surface area contributed by atoms with Crippen LogP contribution in [0.2, 0.25) is 0 Å². The maximum absolute atomic E-state index is 9.11. The van der Waals surface area contributed by atoms with Crippen LogP contribution in [0.25, 0.3) is 0 Å². The van der Waals surface area contributed by atoms with E-state index in [2.05, 4.69) is 0 Å². The Morgan fingerprint density at radius 1 is 1.30 bits per heavy atom. The topological polar surface area (TPSA) is 20.2 Å². The van der Waals surface area contributed by atoms with Crippen LogP contribution in [0, 0.1) is 0 Å². The van der Waals surface area contributed by atoms with Gasteiger partial charge in [-0.05, 0) is 18.1 Å². The largest absolute Gasteiger partial charge is 1.00 e. The van der Waals surface area contributed by atoms with Gasteiger partial charge in [0.2, 0.25) is 0 Å². The van der Waals surface area contributed by atoms with Crippen molar-refractivity contribution in [1.29, 1.82) is 0 Å². The molecular weight excluding hydrogens is 135 g/mol. The van der Waals surface area contributed by atoms with Crippen LogP contribution in [-0.2, 0) is 6.42 Å². The van der Waals surface area contributed by atoms with Gasteiger partial charge in [-0.3, -0.25) is 0 Å². The number of para-hydroxylation sites is 1. The van der Waals surface area contributed by atoms with Crippen LogP contribution in [0.5, 0.6) is 5.75 Å². The van der Waals surface area contributed by atoms with Crippen molar-refractivity contribution in [2.75, 3.05) is 0 Å². The molecule has 0 aliphatic heterocycles. The molecule has 0 unspecified atom stereocenters. The molecule has 1 nitrogen and oxygen atoms in total. The standard InChI is InChI=1S/C8H10O.Na/c1-2-7-5-3-4-6-8(7)9;/h3-6,9H,2H2,1H3;/q;+1. The summed E-state index contributed by atoms with van der Waals surface area (Å²) >= 11 is 0. The summed E-state index contributed by atoms with van der Waals surface area (Å²) in [7, 11) is 0. The zero-order chi connectivity index (χ0) is 6.69. The maximum Gasteiger partial charge on any atom is 1.00 e. The van der Waals surface area contributed by atoms with Crippen molar-refractivity contribution in [2.45, 2.75) is 13.3 Å². The molecule has 48 valence electrons. The Kier molecular flexibility index (Phi) is 4.79. The summed E-state index contributed by atoms with van der Waals surface area (Å²) in [5.41, 5.74) is 1.01. The first-order chi connectivity index (χ1) is 4.34. The molecule has 1 aromatic carbocycles. The number of aryl methyl sites for hydroxylation is 1. The van der Waals surface area contributed by atoms with Gasteiger partial charge in [-0.2, -0.15) is 0 Å². The van der Waals surface area contributed by atoms with E-state index in [-0.39, 0.29) is 29.6 Å². The molecule has 0 heterocycles. The Bertz CT molecular complexity index is 198. The van der Waals surface area contributed by atoms with Crippen molar-refractivity contribution < 1.29 is 34.7 Å². The summed E-state index contributed by atoms with van der Waals surface area (Å²) in [5.74, 6) is 0.403. The number of rotatable bonds is 1. The second kappa shape index (κ2) is 4.78. The van der Waals surface area contributed by atoms with E-state index in [1.807, 2.05) is 25.1 Å². The van der Waals surface area contributed by atoms with Gasteiger partial charge in [-0.15, -0.1) is 0 Å². The molecule has 1 aromatic rings. The van der Waals surface area contributed by atoms with Gasteiger partial charge in [-0.1, -0.05) is 25.1 Å². The van der Waals surface area contributed by atoms with Crippen LogP contribution in [0.15, 0.2) is 24.3 Å². The van der Waals surface area contributed by atoms with Gasteiger partial charge in [0, 0.05) is 0 Å². The Morgan fingerprint density at radius 2 is 1.90 bits per heavy atom. The summed E-state index contributed by atoms with van der Waals surface area (Å²) in [6.07, 6.45) is 0.896. The third kappa shape index (κ3) is 2.33. The number of benzene rings is 1. The fourth-order valence-electron chi connectivity index (χ4n) is 0.810. The molecular formula is C8H10NaO+. The van der Waals surface area contributed by atoms with Crippen LogP contribution in [0.1, 0.15) is 12.5 Å². The first-order valence-electron chi connectivity index (χ1n) is 3.11. The molecule has 0 radical (unpaired) electrons. The Labute approximate surface area is 83.4 Å². The molecule has 0 fully saturated rings. The number of hydrogen-bond acceptors (Lipinski definition) is 1. The van der Waals surface area contributed by atoms with Gasteiger partial charge >= 0.3 is 29.6 Å². The molecule has 0 aliphatic carbocycles. The van der Waals surface area contributed by atoms with E-state index in [1.165, 1.54) is 0 Å². The molecule has 0 bridgehead atoms. The minimum atomic E-state index is 0. The minimum Gasteiger partial charge on any atom is -0.508 e. The number of hydrogen-bond donors (Lipinski definition) is 1. The zero-order valence-electron chi connectivity index (χ0n) is 6.46. The predicted molar refractivity (Wildman–Crippen MR) is 37.5 cm³/mol. The van der Waals surface area contributed by atoms with Gasteiger partial charge in [0.05, 0.1) is 0 Å².